The molecule has 0 atom stereocenters. The van der Waals surface area contributed by atoms with E-state index in [-0.39, 0.29) is 0 Å². The zero-order chi connectivity index (χ0) is 14.3. The number of rotatable bonds is 6. The lowest BCUT2D eigenvalue weighted by Crippen LogP contribution is -1.99. The molecular weight excluding hydrogens is 268 g/mol. The lowest BCUT2D eigenvalue weighted by molar-refractivity contribution is -0.131. The van der Waals surface area contributed by atoms with E-state index in [0.717, 1.165) is 6.08 Å². The second-order valence-electron chi connectivity index (χ2n) is 3.51. The first-order valence-corrected chi connectivity index (χ1v) is 5.81. The van der Waals surface area contributed by atoms with Crippen LogP contribution in [0.25, 0.3) is 6.08 Å². The zero-order valence-corrected chi connectivity index (χ0v) is 11.1. The monoisotopic (exact) mass is 280 g/mol. The van der Waals surface area contributed by atoms with Crippen molar-refractivity contribution in [2.45, 2.75) is 6.42 Å². The lowest BCUT2D eigenvalue weighted by atomic mass is 10.2. The highest BCUT2D eigenvalue weighted by molar-refractivity contribution is 6.32. The van der Waals surface area contributed by atoms with Crippen LogP contribution in [0.5, 0.6) is 11.5 Å². The fourth-order valence-electron chi connectivity index (χ4n) is 1.36. The van der Waals surface area contributed by atoms with Crippen molar-refractivity contribution in [3.8, 4) is 23.8 Å². The molecule has 0 aromatic heterocycles. The highest BCUT2D eigenvalue weighted by Crippen LogP contribution is 2.36. The molecule has 0 aliphatic heterocycles. The van der Waals surface area contributed by atoms with Crippen molar-refractivity contribution in [1.82, 2.24) is 0 Å². The molecule has 0 saturated heterocycles. The van der Waals surface area contributed by atoms with Gasteiger partial charge in [-0.2, -0.15) is 0 Å². The molecule has 0 fully saturated rings. The Balaban J connectivity index is 3.01. The number of carbonyl (C=O) groups is 1. The number of halogens is 1. The minimum Gasteiger partial charge on any atom is -0.493 e. The Morgan fingerprint density at radius 1 is 1.58 bits per heavy atom. The van der Waals surface area contributed by atoms with Crippen molar-refractivity contribution < 1.29 is 19.4 Å². The number of terminal acetylenes is 1. The van der Waals surface area contributed by atoms with E-state index in [9.17, 15) is 4.79 Å². The normalized spacial score (nSPS) is 10.2. The Bertz CT molecular complexity index is 529. The number of aliphatic carboxylic acids is 1. The van der Waals surface area contributed by atoms with Gasteiger partial charge in [0.05, 0.1) is 18.7 Å². The standard InChI is InChI=1S/C14H13ClO4/c1-3-4-7-19-14-11(15)8-10(5-6-13(16)17)9-12(14)18-2/h1,5-6,8-9H,4,7H2,2H3,(H,16,17)/b6-5+. The summed E-state index contributed by atoms with van der Waals surface area (Å²) in [6, 6.07) is 3.23. The van der Waals surface area contributed by atoms with Gasteiger partial charge in [-0.1, -0.05) is 11.6 Å². The van der Waals surface area contributed by atoms with Gasteiger partial charge in [-0.3, -0.25) is 0 Å². The smallest absolute Gasteiger partial charge is 0.328 e. The second kappa shape index (κ2) is 7.34. The highest BCUT2D eigenvalue weighted by Gasteiger charge is 2.11. The molecule has 0 radical (unpaired) electrons. The van der Waals surface area contributed by atoms with E-state index in [4.69, 9.17) is 32.6 Å². The summed E-state index contributed by atoms with van der Waals surface area (Å²) in [4.78, 5) is 10.5. The Labute approximate surface area is 116 Å². The first-order chi connectivity index (χ1) is 9.08. The first kappa shape index (κ1) is 14.9. The van der Waals surface area contributed by atoms with Gasteiger partial charge >= 0.3 is 5.97 Å². The van der Waals surface area contributed by atoms with E-state index in [2.05, 4.69) is 5.92 Å². The van der Waals surface area contributed by atoms with Crippen LogP contribution in [0.15, 0.2) is 18.2 Å². The molecule has 1 rings (SSSR count). The molecule has 0 spiro atoms. The molecule has 1 aromatic carbocycles. The summed E-state index contributed by atoms with van der Waals surface area (Å²) in [7, 11) is 1.48. The van der Waals surface area contributed by atoms with Gasteiger partial charge in [0.15, 0.2) is 11.5 Å². The third-order valence-corrected chi connectivity index (χ3v) is 2.44. The second-order valence-corrected chi connectivity index (χ2v) is 3.92. The summed E-state index contributed by atoms with van der Waals surface area (Å²) in [6.45, 7) is 0.330. The van der Waals surface area contributed by atoms with Gasteiger partial charge in [0.25, 0.3) is 0 Å². The summed E-state index contributed by atoms with van der Waals surface area (Å²) < 4.78 is 10.6. The van der Waals surface area contributed by atoms with Crippen molar-refractivity contribution in [2.75, 3.05) is 13.7 Å². The number of carboxylic acids is 1. The van der Waals surface area contributed by atoms with Gasteiger partial charge in [-0.25, -0.2) is 4.79 Å². The van der Waals surface area contributed by atoms with E-state index < -0.39 is 5.97 Å². The largest absolute Gasteiger partial charge is 0.493 e. The van der Waals surface area contributed by atoms with Gasteiger partial charge in [-0.15, -0.1) is 12.3 Å². The summed E-state index contributed by atoms with van der Waals surface area (Å²) in [5, 5.41) is 8.91. The van der Waals surface area contributed by atoms with Crippen molar-refractivity contribution >= 4 is 23.6 Å². The molecule has 0 saturated carbocycles. The number of methoxy groups -OCH3 is 1. The molecule has 1 aromatic rings. The van der Waals surface area contributed by atoms with Crippen LogP contribution in [0.3, 0.4) is 0 Å². The van der Waals surface area contributed by atoms with Crippen molar-refractivity contribution in [1.29, 1.82) is 0 Å². The number of benzene rings is 1. The summed E-state index contributed by atoms with van der Waals surface area (Å²) >= 11 is 6.07. The Morgan fingerprint density at radius 2 is 2.32 bits per heavy atom. The fourth-order valence-corrected chi connectivity index (χ4v) is 1.63. The van der Waals surface area contributed by atoms with E-state index in [1.54, 1.807) is 12.1 Å². The summed E-state index contributed by atoms with van der Waals surface area (Å²) in [5.41, 5.74) is 0.605. The minimum atomic E-state index is -1.04. The van der Waals surface area contributed by atoms with E-state index in [1.807, 2.05) is 0 Å². The van der Waals surface area contributed by atoms with E-state index in [0.29, 0.717) is 35.1 Å². The van der Waals surface area contributed by atoms with Crippen LogP contribution in [-0.4, -0.2) is 24.8 Å². The lowest BCUT2D eigenvalue weighted by Gasteiger charge is -2.12. The average Bonchev–Trinajstić information content (AvgIpc) is 2.38. The summed E-state index contributed by atoms with van der Waals surface area (Å²) in [6.07, 6.45) is 8.03. The molecule has 5 heteroatoms. The Morgan fingerprint density at radius 3 is 2.89 bits per heavy atom. The molecule has 100 valence electrons. The molecule has 0 bridgehead atoms. The maximum Gasteiger partial charge on any atom is 0.328 e. The van der Waals surface area contributed by atoms with E-state index >= 15 is 0 Å². The van der Waals surface area contributed by atoms with Crippen LogP contribution in [0.1, 0.15) is 12.0 Å². The number of hydrogen-bond donors (Lipinski definition) is 1. The number of carboxylic acid groups (broad SMARTS) is 1. The predicted octanol–water partition coefficient (Wildman–Crippen LogP) is 2.85. The van der Waals surface area contributed by atoms with Crippen LogP contribution >= 0.6 is 11.6 Å². The quantitative estimate of drug-likeness (QED) is 0.494. The summed E-state index contributed by atoms with van der Waals surface area (Å²) in [5.74, 6) is 2.24. The van der Waals surface area contributed by atoms with Crippen LogP contribution in [0.2, 0.25) is 5.02 Å². The maximum absolute atomic E-state index is 10.5. The molecule has 0 amide bonds. The minimum absolute atomic E-state index is 0.330. The van der Waals surface area contributed by atoms with Crippen LogP contribution in [0.4, 0.5) is 0 Å². The van der Waals surface area contributed by atoms with Crippen LogP contribution in [-0.2, 0) is 4.79 Å². The molecule has 19 heavy (non-hydrogen) atoms. The molecule has 0 aliphatic rings. The van der Waals surface area contributed by atoms with Crippen LogP contribution in [0, 0.1) is 12.3 Å². The Hall–Kier alpha value is -2.12. The fraction of sp³-hybridized carbons (Fsp3) is 0.214. The first-order valence-electron chi connectivity index (χ1n) is 5.43. The molecule has 4 nitrogen and oxygen atoms in total. The molecule has 0 unspecified atom stereocenters. The molecule has 1 N–H and O–H groups in total. The number of hydrogen-bond acceptors (Lipinski definition) is 3. The SMILES string of the molecule is C#CCCOc1c(Cl)cc(/C=C/C(=O)O)cc1OC. The zero-order valence-electron chi connectivity index (χ0n) is 10.4. The van der Waals surface area contributed by atoms with Gasteiger partial charge in [0.2, 0.25) is 0 Å². The third kappa shape index (κ3) is 4.57. The van der Waals surface area contributed by atoms with Gasteiger partial charge in [-0.05, 0) is 23.8 Å². The highest BCUT2D eigenvalue weighted by atomic mass is 35.5. The van der Waals surface area contributed by atoms with Gasteiger partial charge in [0, 0.05) is 12.5 Å². The molecule has 0 heterocycles. The van der Waals surface area contributed by atoms with Crippen molar-refractivity contribution in [2.24, 2.45) is 0 Å². The van der Waals surface area contributed by atoms with E-state index in [1.165, 1.54) is 13.2 Å². The van der Waals surface area contributed by atoms with Crippen molar-refractivity contribution in [3.63, 3.8) is 0 Å². The number of ether oxygens (including phenoxy) is 2. The average molecular weight is 281 g/mol. The molecule has 0 aliphatic carbocycles. The van der Waals surface area contributed by atoms with Gasteiger partial charge < -0.3 is 14.6 Å². The predicted molar refractivity (Wildman–Crippen MR) is 73.6 cm³/mol. The molecular formula is C14H13ClO4. The third-order valence-electron chi connectivity index (χ3n) is 2.16. The van der Waals surface area contributed by atoms with Gasteiger partial charge in [0.1, 0.15) is 0 Å². The van der Waals surface area contributed by atoms with Crippen LogP contribution < -0.4 is 9.47 Å². The Kier molecular flexibility index (Phi) is 5.77. The van der Waals surface area contributed by atoms with Crippen molar-refractivity contribution in [3.05, 3.63) is 28.8 Å². The topological polar surface area (TPSA) is 55.8 Å². The maximum atomic E-state index is 10.5.